The molecule has 5 heteroatoms. The minimum Gasteiger partial charge on any atom is -0.478 e. The van der Waals surface area contributed by atoms with Gasteiger partial charge in [-0.1, -0.05) is 20.8 Å². The van der Waals surface area contributed by atoms with Gasteiger partial charge in [-0.05, 0) is 29.2 Å². The fourth-order valence-corrected chi connectivity index (χ4v) is 1.31. The van der Waals surface area contributed by atoms with Crippen LogP contribution in [-0.4, -0.2) is 22.2 Å². The van der Waals surface area contributed by atoms with Gasteiger partial charge in [-0.15, -0.1) is 0 Å². The van der Waals surface area contributed by atoms with Crippen molar-refractivity contribution in [1.29, 1.82) is 0 Å². The first-order chi connectivity index (χ1) is 7.21. The predicted octanol–water partition coefficient (Wildman–Crippen LogP) is 2.38. The minimum atomic E-state index is -1.12. The maximum atomic E-state index is 10.9. The normalized spacial score (nSPS) is 10.5. The largest absolute Gasteiger partial charge is 0.478 e. The second kappa shape index (κ2) is 5.41. The van der Waals surface area contributed by atoms with Crippen LogP contribution in [0.1, 0.15) is 47.1 Å². The summed E-state index contributed by atoms with van der Waals surface area (Å²) in [5.74, 6) is -2.23. The molecular weight excluding hydrogens is 274 g/mol. The van der Waals surface area contributed by atoms with Crippen LogP contribution in [0.3, 0.4) is 0 Å². The number of hydrogen-bond donors (Lipinski definition) is 2. The fraction of sp³-hybridized carbons (Fsp3) is 0.333. The van der Waals surface area contributed by atoms with Gasteiger partial charge in [0.05, 0.1) is 11.1 Å². The van der Waals surface area contributed by atoms with E-state index in [2.05, 4.69) is 0 Å². The zero-order valence-electron chi connectivity index (χ0n) is 10.2. The van der Waals surface area contributed by atoms with E-state index in [1.807, 2.05) is 20.8 Å². The molecule has 0 radical (unpaired) electrons. The molecule has 1 rings (SSSR count). The SMILES string of the molecule is CC(C)(C)c1cc(C(=O)O)cc(C(=O)O)c1.[Zn]. The molecule has 1 aromatic rings. The first-order valence-corrected chi connectivity index (χ1v) is 4.84. The Morgan fingerprint density at radius 2 is 1.29 bits per heavy atom. The van der Waals surface area contributed by atoms with Gasteiger partial charge in [-0.25, -0.2) is 9.59 Å². The maximum absolute atomic E-state index is 10.9. The van der Waals surface area contributed by atoms with Gasteiger partial charge in [0.2, 0.25) is 0 Å². The summed E-state index contributed by atoms with van der Waals surface area (Å²) in [5.41, 5.74) is 0.426. The number of aromatic carboxylic acids is 2. The van der Waals surface area contributed by atoms with Gasteiger partial charge in [0, 0.05) is 19.5 Å². The van der Waals surface area contributed by atoms with Crippen molar-refractivity contribution in [3.63, 3.8) is 0 Å². The van der Waals surface area contributed by atoms with Crippen LogP contribution >= 0.6 is 0 Å². The number of hydrogen-bond acceptors (Lipinski definition) is 2. The summed E-state index contributed by atoms with van der Waals surface area (Å²) in [6.07, 6.45) is 0. The summed E-state index contributed by atoms with van der Waals surface area (Å²) >= 11 is 0. The second-order valence-corrected chi connectivity index (χ2v) is 4.66. The van der Waals surface area contributed by atoms with E-state index in [0.29, 0.717) is 5.56 Å². The quantitative estimate of drug-likeness (QED) is 0.819. The van der Waals surface area contributed by atoms with Crippen LogP contribution in [0, 0.1) is 0 Å². The Hall–Kier alpha value is -1.22. The van der Waals surface area contributed by atoms with Crippen molar-refractivity contribution < 1.29 is 39.3 Å². The Morgan fingerprint density at radius 1 is 0.941 bits per heavy atom. The molecule has 0 heterocycles. The first-order valence-electron chi connectivity index (χ1n) is 4.84. The Balaban J connectivity index is 0.00000256. The summed E-state index contributed by atoms with van der Waals surface area (Å²) in [6.45, 7) is 5.71. The molecule has 0 spiro atoms. The van der Waals surface area contributed by atoms with Crippen molar-refractivity contribution in [3.05, 3.63) is 34.9 Å². The van der Waals surface area contributed by atoms with Crippen LogP contribution < -0.4 is 0 Å². The van der Waals surface area contributed by atoms with Gasteiger partial charge in [-0.2, -0.15) is 0 Å². The molecule has 0 bridgehead atoms. The maximum Gasteiger partial charge on any atom is 0.335 e. The standard InChI is InChI=1S/C12H14O4.Zn/c1-12(2,3)9-5-7(10(13)14)4-8(6-9)11(15)16;/h4-6H,1-3H3,(H,13,14)(H,15,16);. The van der Waals surface area contributed by atoms with Crippen LogP contribution in [0.15, 0.2) is 18.2 Å². The van der Waals surface area contributed by atoms with Gasteiger partial charge in [0.15, 0.2) is 0 Å². The molecule has 17 heavy (non-hydrogen) atoms. The molecule has 0 aromatic heterocycles. The first kappa shape index (κ1) is 15.8. The number of rotatable bonds is 2. The van der Waals surface area contributed by atoms with Crippen molar-refractivity contribution in [2.45, 2.75) is 26.2 Å². The van der Waals surface area contributed by atoms with Gasteiger partial charge in [-0.3, -0.25) is 0 Å². The van der Waals surface area contributed by atoms with Crippen molar-refractivity contribution in [3.8, 4) is 0 Å². The molecule has 0 saturated heterocycles. The molecule has 0 saturated carbocycles. The number of benzene rings is 1. The molecule has 88 valence electrons. The summed E-state index contributed by atoms with van der Waals surface area (Å²) < 4.78 is 0. The average Bonchev–Trinajstić information content (AvgIpc) is 2.15. The zero-order chi connectivity index (χ0) is 12.5. The summed E-state index contributed by atoms with van der Waals surface area (Å²) in [4.78, 5) is 21.7. The summed E-state index contributed by atoms with van der Waals surface area (Å²) in [5, 5.41) is 17.8. The molecule has 0 amide bonds. The van der Waals surface area contributed by atoms with Crippen LogP contribution in [0.25, 0.3) is 0 Å². The molecule has 0 aliphatic heterocycles. The summed E-state index contributed by atoms with van der Waals surface area (Å²) in [7, 11) is 0. The fourth-order valence-electron chi connectivity index (χ4n) is 1.31. The van der Waals surface area contributed by atoms with E-state index >= 15 is 0 Å². The monoisotopic (exact) mass is 286 g/mol. The van der Waals surface area contributed by atoms with Gasteiger partial charge < -0.3 is 10.2 Å². The number of carboxylic acids is 2. The molecule has 0 aliphatic rings. The Morgan fingerprint density at radius 3 is 1.53 bits per heavy atom. The third kappa shape index (κ3) is 3.93. The third-order valence-corrected chi connectivity index (χ3v) is 2.29. The summed E-state index contributed by atoms with van der Waals surface area (Å²) in [6, 6.07) is 4.18. The molecule has 2 N–H and O–H groups in total. The van der Waals surface area contributed by atoms with Gasteiger partial charge >= 0.3 is 11.9 Å². The Bertz CT molecular complexity index is 414. The topological polar surface area (TPSA) is 74.6 Å². The van der Waals surface area contributed by atoms with Gasteiger partial charge in [0.1, 0.15) is 0 Å². The van der Waals surface area contributed by atoms with E-state index in [4.69, 9.17) is 10.2 Å². The Labute approximate surface area is 112 Å². The molecule has 4 nitrogen and oxygen atoms in total. The average molecular weight is 288 g/mol. The van der Waals surface area contributed by atoms with Crippen LogP contribution in [0.2, 0.25) is 0 Å². The molecule has 0 aliphatic carbocycles. The minimum absolute atomic E-state index is 0. The van der Waals surface area contributed by atoms with Crippen molar-refractivity contribution in [2.75, 3.05) is 0 Å². The van der Waals surface area contributed by atoms with Gasteiger partial charge in [0.25, 0.3) is 0 Å². The molecule has 0 atom stereocenters. The van der Waals surface area contributed by atoms with Crippen molar-refractivity contribution in [1.82, 2.24) is 0 Å². The smallest absolute Gasteiger partial charge is 0.335 e. The van der Waals surface area contributed by atoms with E-state index in [1.54, 1.807) is 0 Å². The molecular formula is C12H14O4Zn. The molecule has 0 unspecified atom stereocenters. The van der Waals surface area contributed by atoms with Crippen LogP contribution in [0.5, 0.6) is 0 Å². The van der Waals surface area contributed by atoms with Crippen LogP contribution in [-0.2, 0) is 24.9 Å². The zero-order valence-corrected chi connectivity index (χ0v) is 13.1. The van der Waals surface area contributed by atoms with E-state index in [-0.39, 0.29) is 36.0 Å². The van der Waals surface area contributed by atoms with E-state index in [9.17, 15) is 9.59 Å². The van der Waals surface area contributed by atoms with E-state index in [0.717, 1.165) is 0 Å². The van der Waals surface area contributed by atoms with Crippen molar-refractivity contribution in [2.24, 2.45) is 0 Å². The number of carbonyl (C=O) groups is 2. The number of carboxylic acid groups (broad SMARTS) is 2. The second-order valence-electron chi connectivity index (χ2n) is 4.66. The van der Waals surface area contributed by atoms with E-state index < -0.39 is 11.9 Å². The predicted molar refractivity (Wildman–Crippen MR) is 59.1 cm³/mol. The molecule has 0 fully saturated rings. The molecule has 1 aromatic carbocycles. The Kier molecular flexibility index (Phi) is 5.02. The van der Waals surface area contributed by atoms with E-state index in [1.165, 1.54) is 18.2 Å². The van der Waals surface area contributed by atoms with Crippen LogP contribution in [0.4, 0.5) is 0 Å². The third-order valence-electron chi connectivity index (χ3n) is 2.29. The van der Waals surface area contributed by atoms with Crippen molar-refractivity contribution >= 4 is 11.9 Å².